The molecular weight excluding hydrogens is 222 g/mol. The average Bonchev–Trinajstić information content (AvgIpc) is 2.78. The number of nitrogens with zero attached hydrogens (tertiary/aromatic N) is 1. The molecule has 1 aromatic heterocycles. The van der Waals surface area contributed by atoms with Gasteiger partial charge >= 0.3 is 0 Å². The van der Waals surface area contributed by atoms with E-state index < -0.39 is 0 Å². The Balaban J connectivity index is 1.66. The Kier molecular flexibility index (Phi) is 4.71. The Hall–Kier alpha value is -0.490. The summed E-state index contributed by atoms with van der Waals surface area (Å²) in [6.07, 6.45) is 1.33. The lowest BCUT2D eigenvalue weighted by molar-refractivity contribution is 0.0290. The quantitative estimate of drug-likeness (QED) is 0.800. The number of thiazole rings is 1. The molecule has 1 aliphatic heterocycles. The molecule has 1 atom stereocenters. The summed E-state index contributed by atoms with van der Waals surface area (Å²) < 4.78 is 5.60. The molecule has 0 aromatic carbocycles. The predicted octanol–water partition coefficient (Wildman–Crippen LogP) is 0.783. The molecule has 0 bridgehead atoms. The van der Waals surface area contributed by atoms with Crippen molar-refractivity contribution in [3.8, 4) is 0 Å². The van der Waals surface area contributed by atoms with Crippen molar-refractivity contribution in [1.82, 2.24) is 15.6 Å². The Morgan fingerprint density at radius 2 is 2.62 bits per heavy atom. The number of ether oxygens (including phenoxy) is 1. The zero-order chi connectivity index (χ0) is 11.2. The first kappa shape index (κ1) is 12.0. The summed E-state index contributed by atoms with van der Waals surface area (Å²) in [5.41, 5.74) is 1.14. The standard InChI is InChI=1S/C11H19N3OS/c1-2-11-14-9(8-16-11)5-13-7-10-6-12-3-4-15-10/h8,10,12-13H,2-7H2,1H3. The van der Waals surface area contributed by atoms with E-state index in [0.29, 0.717) is 6.10 Å². The molecule has 2 rings (SSSR count). The van der Waals surface area contributed by atoms with Crippen LogP contribution in [-0.2, 0) is 17.7 Å². The Morgan fingerprint density at radius 1 is 1.69 bits per heavy atom. The SMILES string of the molecule is CCc1nc(CNCC2CNCCO2)cs1. The van der Waals surface area contributed by atoms with Crippen molar-refractivity contribution in [2.45, 2.75) is 26.0 Å². The summed E-state index contributed by atoms with van der Waals surface area (Å²) in [4.78, 5) is 4.51. The van der Waals surface area contributed by atoms with Gasteiger partial charge < -0.3 is 15.4 Å². The lowest BCUT2D eigenvalue weighted by Crippen LogP contribution is -2.43. The van der Waals surface area contributed by atoms with Gasteiger partial charge in [-0.1, -0.05) is 6.92 Å². The van der Waals surface area contributed by atoms with Gasteiger partial charge in [-0.25, -0.2) is 4.98 Å². The van der Waals surface area contributed by atoms with Crippen LogP contribution in [0, 0.1) is 0 Å². The minimum atomic E-state index is 0.304. The zero-order valence-electron chi connectivity index (χ0n) is 9.66. The van der Waals surface area contributed by atoms with Crippen molar-refractivity contribution in [3.05, 3.63) is 16.1 Å². The largest absolute Gasteiger partial charge is 0.374 e. The van der Waals surface area contributed by atoms with Gasteiger partial charge in [0.05, 0.1) is 23.4 Å². The van der Waals surface area contributed by atoms with E-state index in [1.54, 1.807) is 11.3 Å². The summed E-state index contributed by atoms with van der Waals surface area (Å²) >= 11 is 1.74. The number of aryl methyl sites for hydroxylation is 1. The summed E-state index contributed by atoms with van der Waals surface area (Å²) in [6.45, 7) is 6.62. The van der Waals surface area contributed by atoms with Crippen molar-refractivity contribution in [2.24, 2.45) is 0 Å². The minimum Gasteiger partial charge on any atom is -0.374 e. The molecule has 1 saturated heterocycles. The van der Waals surface area contributed by atoms with E-state index in [1.807, 2.05) is 0 Å². The van der Waals surface area contributed by atoms with Crippen molar-refractivity contribution in [2.75, 3.05) is 26.2 Å². The van der Waals surface area contributed by atoms with Crippen LogP contribution < -0.4 is 10.6 Å². The fraction of sp³-hybridized carbons (Fsp3) is 0.727. The minimum absolute atomic E-state index is 0.304. The van der Waals surface area contributed by atoms with Crippen molar-refractivity contribution in [1.29, 1.82) is 0 Å². The van der Waals surface area contributed by atoms with Crippen molar-refractivity contribution < 1.29 is 4.74 Å². The van der Waals surface area contributed by atoms with Gasteiger partial charge in [0.15, 0.2) is 0 Å². The van der Waals surface area contributed by atoms with Crippen LogP contribution in [0.1, 0.15) is 17.6 Å². The molecule has 0 amide bonds. The second-order valence-corrected chi connectivity index (χ2v) is 4.86. The molecule has 0 saturated carbocycles. The first-order chi connectivity index (χ1) is 7.88. The number of rotatable bonds is 5. The number of hydrogen-bond donors (Lipinski definition) is 2. The molecule has 0 radical (unpaired) electrons. The Bertz CT molecular complexity index is 310. The molecule has 0 aliphatic carbocycles. The third kappa shape index (κ3) is 3.52. The van der Waals surface area contributed by atoms with Crippen molar-refractivity contribution >= 4 is 11.3 Å². The highest BCUT2D eigenvalue weighted by Gasteiger charge is 2.12. The van der Waals surface area contributed by atoms with Crippen LogP contribution in [0.4, 0.5) is 0 Å². The summed E-state index contributed by atoms with van der Waals surface area (Å²) in [7, 11) is 0. The molecule has 2 heterocycles. The van der Waals surface area contributed by atoms with Crippen LogP contribution in [0.3, 0.4) is 0 Å². The van der Waals surface area contributed by atoms with Gasteiger partial charge in [0.25, 0.3) is 0 Å². The van der Waals surface area contributed by atoms with Crippen LogP contribution in [0.2, 0.25) is 0 Å². The lowest BCUT2D eigenvalue weighted by atomic mass is 10.3. The third-order valence-corrected chi connectivity index (χ3v) is 3.63. The first-order valence-electron chi connectivity index (χ1n) is 5.85. The lowest BCUT2D eigenvalue weighted by Gasteiger charge is -2.23. The summed E-state index contributed by atoms with van der Waals surface area (Å²) in [5, 5.41) is 10.1. The van der Waals surface area contributed by atoms with Gasteiger partial charge in [0, 0.05) is 31.6 Å². The summed E-state index contributed by atoms with van der Waals surface area (Å²) in [5.74, 6) is 0. The topological polar surface area (TPSA) is 46.2 Å². The van der Waals surface area contributed by atoms with Gasteiger partial charge in [-0.15, -0.1) is 11.3 Å². The van der Waals surface area contributed by atoms with E-state index in [-0.39, 0.29) is 0 Å². The number of nitrogens with one attached hydrogen (secondary N) is 2. The van der Waals surface area contributed by atoms with E-state index in [0.717, 1.165) is 44.9 Å². The highest BCUT2D eigenvalue weighted by atomic mass is 32.1. The van der Waals surface area contributed by atoms with E-state index in [2.05, 4.69) is 27.9 Å². The van der Waals surface area contributed by atoms with E-state index in [4.69, 9.17) is 4.74 Å². The Labute approximate surface area is 100 Å². The molecule has 5 heteroatoms. The number of hydrogen-bond acceptors (Lipinski definition) is 5. The van der Waals surface area contributed by atoms with Gasteiger partial charge in [0.1, 0.15) is 0 Å². The van der Waals surface area contributed by atoms with E-state index in [9.17, 15) is 0 Å². The maximum atomic E-state index is 5.60. The molecule has 1 aromatic rings. The molecule has 90 valence electrons. The maximum absolute atomic E-state index is 5.60. The summed E-state index contributed by atoms with van der Waals surface area (Å²) in [6, 6.07) is 0. The third-order valence-electron chi connectivity index (χ3n) is 2.58. The number of morpholine rings is 1. The van der Waals surface area contributed by atoms with Gasteiger partial charge in [-0.05, 0) is 6.42 Å². The normalized spacial score (nSPS) is 21.2. The van der Waals surface area contributed by atoms with Gasteiger partial charge in [-0.2, -0.15) is 0 Å². The van der Waals surface area contributed by atoms with E-state index >= 15 is 0 Å². The van der Waals surface area contributed by atoms with Crippen LogP contribution in [0.5, 0.6) is 0 Å². The van der Waals surface area contributed by atoms with Gasteiger partial charge in [-0.3, -0.25) is 0 Å². The smallest absolute Gasteiger partial charge is 0.0926 e. The molecule has 0 spiro atoms. The highest BCUT2D eigenvalue weighted by Crippen LogP contribution is 2.09. The zero-order valence-corrected chi connectivity index (χ0v) is 10.5. The molecule has 1 unspecified atom stereocenters. The second kappa shape index (κ2) is 6.30. The molecular formula is C11H19N3OS. The molecule has 1 aliphatic rings. The second-order valence-electron chi connectivity index (χ2n) is 3.91. The van der Waals surface area contributed by atoms with Crippen LogP contribution in [0.15, 0.2) is 5.38 Å². The number of aromatic nitrogens is 1. The Morgan fingerprint density at radius 3 is 3.31 bits per heavy atom. The maximum Gasteiger partial charge on any atom is 0.0926 e. The fourth-order valence-corrected chi connectivity index (χ4v) is 2.45. The molecule has 4 nitrogen and oxygen atoms in total. The highest BCUT2D eigenvalue weighted by molar-refractivity contribution is 7.09. The molecule has 2 N–H and O–H groups in total. The predicted molar refractivity (Wildman–Crippen MR) is 65.8 cm³/mol. The fourth-order valence-electron chi connectivity index (χ4n) is 1.70. The van der Waals surface area contributed by atoms with Gasteiger partial charge in [0.2, 0.25) is 0 Å². The molecule has 1 fully saturated rings. The molecule has 16 heavy (non-hydrogen) atoms. The monoisotopic (exact) mass is 241 g/mol. The van der Waals surface area contributed by atoms with Crippen LogP contribution >= 0.6 is 11.3 Å². The van der Waals surface area contributed by atoms with Crippen LogP contribution in [0.25, 0.3) is 0 Å². The van der Waals surface area contributed by atoms with Crippen molar-refractivity contribution in [3.63, 3.8) is 0 Å². The average molecular weight is 241 g/mol. The van der Waals surface area contributed by atoms with E-state index in [1.165, 1.54) is 5.01 Å². The first-order valence-corrected chi connectivity index (χ1v) is 6.72. The van der Waals surface area contributed by atoms with Crippen LogP contribution in [-0.4, -0.2) is 37.3 Å².